The first-order chi connectivity index (χ1) is 8.90. The van der Waals surface area contributed by atoms with Gasteiger partial charge in [0.05, 0.1) is 12.1 Å². The largest absolute Gasteiger partial charge is 0.393 e. The summed E-state index contributed by atoms with van der Waals surface area (Å²) >= 11 is 11.9. The van der Waals surface area contributed by atoms with Crippen LogP contribution in [0.5, 0.6) is 0 Å². The van der Waals surface area contributed by atoms with Crippen molar-refractivity contribution in [3.8, 4) is 0 Å². The van der Waals surface area contributed by atoms with Crippen molar-refractivity contribution < 1.29 is 9.90 Å². The predicted molar refractivity (Wildman–Crippen MR) is 77.7 cm³/mol. The summed E-state index contributed by atoms with van der Waals surface area (Å²) in [5, 5.41) is 15.6. The Hall–Kier alpha value is -0.970. The summed E-state index contributed by atoms with van der Waals surface area (Å²) < 4.78 is 0. The maximum atomic E-state index is 11.6. The Kier molecular flexibility index (Phi) is 6.42. The Balaban J connectivity index is 2.49. The van der Waals surface area contributed by atoms with Crippen molar-refractivity contribution >= 4 is 29.2 Å². The van der Waals surface area contributed by atoms with Crippen molar-refractivity contribution in [3.63, 3.8) is 0 Å². The fourth-order valence-corrected chi connectivity index (χ4v) is 2.14. The first kappa shape index (κ1) is 16.1. The van der Waals surface area contributed by atoms with E-state index in [4.69, 9.17) is 28.3 Å². The lowest BCUT2D eigenvalue weighted by Gasteiger charge is -2.16. The third-order valence-electron chi connectivity index (χ3n) is 2.62. The van der Waals surface area contributed by atoms with E-state index in [1.165, 1.54) is 0 Å². The topological polar surface area (TPSA) is 61.4 Å². The van der Waals surface area contributed by atoms with Gasteiger partial charge >= 0.3 is 6.03 Å². The average molecular weight is 305 g/mol. The average Bonchev–Trinajstić information content (AvgIpc) is 2.27. The number of rotatable bonds is 5. The molecule has 1 aromatic carbocycles. The second-order valence-electron chi connectivity index (χ2n) is 4.43. The normalized spacial score (nSPS) is 13.7. The van der Waals surface area contributed by atoms with Crippen LogP contribution in [0.1, 0.15) is 31.9 Å². The van der Waals surface area contributed by atoms with Crippen LogP contribution in [0.4, 0.5) is 4.79 Å². The molecule has 4 nitrogen and oxygen atoms in total. The standard InChI is InChI=1S/C13H18Cl2N2O2/c1-8(18)5-6-16-13(19)17-9(2)11-4-3-10(14)7-12(11)15/h3-4,7-9,18H,5-6H2,1-2H3,(H2,16,17,19). The van der Waals surface area contributed by atoms with Gasteiger partial charge in [-0.3, -0.25) is 0 Å². The third-order valence-corrected chi connectivity index (χ3v) is 3.19. The molecule has 106 valence electrons. The number of nitrogens with one attached hydrogen (secondary N) is 2. The summed E-state index contributed by atoms with van der Waals surface area (Å²) in [6.45, 7) is 3.93. The molecule has 6 heteroatoms. The number of hydrogen-bond donors (Lipinski definition) is 3. The van der Waals surface area contributed by atoms with Gasteiger partial charge in [-0.05, 0) is 38.0 Å². The number of aliphatic hydroxyl groups excluding tert-OH is 1. The second kappa shape index (κ2) is 7.58. The smallest absolute Gasteiger partial charge is 0.315 e. The highest BCUT2D eigenvalue weighted by molar-refractivity contribution is 6.35. The van der Waals surface area contributed by atoms with E-state index >= 15 is 0 Å². The molecule has 0 saturated heterocycles. The maximum absolute atomic E-state index is 11.6. The lowest BCUT2D eigenvalue weighted by molar-refractivity contribution is 0.183. The van der Waals surface area contributed by atoms with Crippen LogP contribution in [0.3, 0.4) is 0 Å². The molecule has 1 aromatic rings. The quantitative estimate of drug-likeness (QED) is 0.782. The van der Waals surface area contributed by atoms with Gasteiger partial charge in [-0.1, -0.05) is 29.3 Å². The van der Waals surface area contributed by atoms with E-state index in [2.05, 4.69) is 10.6 Å². The van der Waals surface area contributed by atoms with E-state index in [-0.39, 0.29) is 12.1 Å². The van der Waals surface area contributed by atoms with Gasteiger partial charge in [0.15, 0.2) is 0 Å². The van der Waals surface area contributed by atoms with Gasteiger partial charge in [-0.2, -0.15) is 0 Å². The minimum absolute atomic E-state index is 0.226. The number of benzene rings is 1. The Bertz CT molecular complexity index is 439. The number of halogens is 2. The number of aliphatic hydroxyl groups is 1. The van der Waals surface area contributed by atoms with Crippen LogP contribution in [0.25, 0.3) is 0 Å². The van der Waals surface area contributed by atoms with Gasteiger partial charge in [0.25, 0.3) is 0 Å². The van der Waals surface area contributed by atoms with E-state index in [1.54, 1.807) is 25.1 Å². The van der Waals surface area contributed by atoms with E-state index in [1.807, 2.05) is 6.92 Å². The monoisotopic (exact) mass is 304 g/mol. The molecule has 0 heterocycles. The molecular formula is C13H18Cl2N2O2. The number of carbonyl (C=O) groups is 1. The molecule has 0 aliphatic rings. The highest BCUT2D eigenvalue weighted by Gasteiger charge is 2.12. The van der Waals surface area contributed by atoms with Gasteiger partial charge in [0.2, 0.25) is 0 Å². The minimum Gasteiger partial charge on any atom is -0.393 e. The van der Waals surface area contributed by atoms with Gasteiger partial charge in [-0.25, -0.2) is 4.79 Å². The molecule has 2 amide bonds. The van der Waals surface area contributed by atoms with Crippen LogP contribution in [0.15, 0.2) is 18.2 Å². The van der Waals surface area contributed by atoms with Gasteiger partial charge in [-0.15, -0.1) is 0 Å². The maximum Gasteiger partial charge on any atom is 0.315 e. The zero-order chi connectivity index (χ0) is 14.4. The van der Waals surface area contributed by atoms with Gasteiger partial charge in [0, 0.05) is 16.6 Å². The second-order valence-corrected chi connectivity index (χ2v) is 5.27. The summed E-state index contributed by atoms with van der Waals surface area (Å²) in [6.07, 6.45) is 0.0900. The zero-order valence-corrected chi connectivity index (χ0v) is 12.4. The molecule has 2 atom stereocenters. The highest BCUT2D eigenvalue weighted by Crippen LogP contribution is 2.25. The molecule has 2 unspecified atom stereocenters. The summed E-state index contributed by atoms with van der Waals surface area (Å²) in [6, 6.07) is 4.63. The summed E-state index contributed by atoms with van der Waals surface area (Å²) in [5.41, 5.74) is 0.803. The molecule has 0 aliphatic carbocycles. The van der Waals surface area contributed by atoms with Crippen molar-refractivity contribution in [3.05, 3.63) is 33.8 Å². The number of carbonyl (C=O) groups excluding carboxylic acids is 1. The molecule has 0 aromatic heterocycles. The fraction of sp³-hybridized carbons (Fsp3) is 0.462. The van der Waals surface area contributed by atoms with Crippen molar-refractivity contribution in [1.29, 1.82) is 0 Å². The van der Waals surface area contributed by atoms with Crippen LogP contribution in [-0.2, 0) is 0 Å². The van der Waals surface area contributed by atoms with E-state index in [0.717, 1.165) is 5.56 Å². The third kappa shape index (κ3) is 5.68. The Morgan fingerprint density at radius 1 is 1.37 bits per heavy atom. The molecule has 0 radical (unpaired) electrons. The fourth-order valence-electron chi connectivity index (χ4n) is 1.57. The first-order valence-electron chi connectivity index (χ1n) is 6.07. The molecular weight excluding hydrogens is 287 g/mol. The lowest BCUT2D eigenvalue weighted by Crippen LogP contribution is -2.38. The molecule has 0 saturated carbocycles. The lowest BCUT2D eigenvalue weighted by atomic mass is 10.1. The van der Waals surface area contributed by atoms with Crippen LogP contribution >= 0.6 is 23.2 Å². The van der Waals surface area contributed by atoms with Crippen LogP contribution < -0.4 is 10.6 Å². The van der Waals surface area contributed by atoms with Crippen LogP contribution in [0, 0.1) is 0 Å². The van der Waals surface area contributed by atoms with Crippen molar-refractivity contribution in [2.24, 2.45) is 0 Å². The molecule has 19 heavy (non-hydrogen) atoms. The Labute approximate surface area is 123 Å². The van der Waals surface area contributed by atoms with E-state index in [9.17, 15) is 4.79 Å². The number of hydrogen-bond acceptors (Lipinski definition) is 2. The van der Waals surface area contributed by atoms with E-state index in [0.29, 0.717) is 23.0 Å². The van der Waals surface area contributed by atoms with Gasteiger partial charge < -0.3 is 15.7 Å². The van der Waals surface area contributed by atoms with Crippen LogP contribution in [0.2, 0.25) is 10.0 Å². The van der Waals surface area contributed by atoms with Crippen molar-refractivity contribution in [2.45, 2.75) is 32.4 Å². The Morgan fingerprint density at radius 2 is 2.05 bits per heavy atom. The first-order valence-corrected chi connectivity index (χ1v) is 6.83. The SMILES string of the molecule is CC(O)CCNC(=O)NC(C)c1ccc(Cl)cc1Cl. The Morgan fingerprint density at radius 3 is 2.63 bits per heavy atom. The summed E-state index contributed by atoms with van der Waals surface area (Å²) in [7, 11) is 0. The molecule has 0 spiro atoms. The van der Waals surface area contributed by atoms with Crippen molar-refractivity contribution in [2.75, 3.05) is 6.54 Å². The molecule has 0 fully saturated rings. The van der Waals surface area contributed by atoms with Crippen molar-refractivity contribution in [1.82, 2.24) is 10.6 Å². The molecule has 3 N–H and O–H groups in total. The van der Waals surface area contributed by atoms with E-state index < -0.39 is 6.10 Å². The highest BCUT2D eigenvalue weighted by atomic mass is 35.5. The summed E-state index contributed by atoms with van der Waals surface area (Å²) in [4.78, 5) is 11.6. The zero-order valence-electron chi connectivity index (χ0n) is 10.9. The molecule has 1 rings (SSSR count). The molecule has 0 aliphatic heterocycles. The minimum atomic E-state index is -0.427. The number of amides is 2. The van der Waals surface area contributed by atoms with Gasteiger partial charge in [0.1, 0.15) is 0 Å². The number of urea groups is 1. The molecule has 0 bridgehead atoms. The predicted octanol–water partition coefficient (Wildman–Crippen LogP) is 3.12. The van der Waals surface area contributed by atoms with Crippen LogP contribution in [-0.4, -0.2) is 23.8 Å². The summed E-state index contributed by atoms with van der Waals surface area (Å²) in [5.74, 6) is 0.